The third kappa shape index (κ3) is 3.51. The van der Waals surface area contributed by atoms with Gasteiger partial charge in [-0.3, -0.25) is 9.59 Å². The lowest BCUT2D eigenvalue weighted by molar-refractivity contribution is 0.811. The molecule has 0 amide bonds. The highest BCUT2D eigenvalue weighted by molar-refractivity contribution is 7.15. The molecule has 27 heavy (non-hydrogen) atoms. The SMILES string of the molecule is O=c1nc2sc(=Cc3ccccc3Cl)c(=O)n2nc1Cc1ccccc1Cl. The number of aromatic nitrogens is 3. The molecule has 8 heteroatoms. The van der Waals surface area contributed by atoms with Crippen LogP contribution >= 0.6 is 34.5 Å². The quantitative estimate of drug-likeness (QED) is 0.515. The van der Waals surface area contributed by atoms with Crippen LogP contribution in [0.4, 0.5) is 0 Å². The van der Waals surface area contributed by atoms with Crippen LogP contribution in [0, 0.1) is 0 Å². The molecule has 4 aromatic rings. The lowest BCUT2D eigenvalue weighted by Crippen LogP contribution is -2.28. The van der Waals surface area contributed by atoms with Gasteiger partial charge in [-0.25, -0.2) is 0 Å². The highest BCUT2D eigenvalue weighted by atomic mass is 35.5. The molecule has 0 saturated carbocycles. The number of hydrogen-bond acceptors (Lipinski definition) is 5. The summed E-state index contributed by atoms with van der Waals surface area (Å²) in [7, 11) is 0. The van der Waals surface area contributed by atoms with Crippen molar-refractivity contribution >= 4 is 45.6 Å². The third-order valence-corrected chi connectivity index (χ3v) is 5.63. The minimum absolute atomic E-state index is 0.166. The second kappa shape index (κ2) is 7.23. The molecule has 2 heterocycles. The smallest absolute Gasteiger partial charge is 0.266 e. The minimum Gasteiger partial charge on any atom is -0.266 e. The molecule has 134 valence electrons. The van der Waals surface area contributed by atoms with Crippen LogP contribution in [0.1, 0.15) is 16.8 Å². The number of rotatable bonds is 3. The predicted molar refractivity (Wildman–Crippen MR) is 108 cm³/mol. The third-order valence-electron chi connectivity index (χ3n) is 3.96. The van der Waals surface area contributed by atoms with Crippen molar-refractivity contribution in [1.29, 1.82) is 0 Å². The summed E-state index contributed by atoms with van der Waals surface area (Å²) in [6.07, 6.45) is 1.87. The van der Waals surface area contributed by atoms with E-state index in [1.807, 2.05) is 18.2 Å². The van der Waals surface area contributed by atoms with Crippen LogP contribution < -0.4 is 15.7 Å². The normalized spacial score (nSPS) is 12.0. The standard InChI is InChI=1S/C19H11Cl2N3O2S/c20-13-7-3-1-5-11(13)9-15-17(25)22-19-24(23-15)18(26)16(27-19)10-12-6-2-4-8-14(12)21/h1-8,10H,9H2. The van der Waals surface area contributed by atoms with Crippen molar-refractivity contribution < 1.29 is 0 Å². The Labute approximate surface area is 167 Å². The fourth-order valence-electron chi connectivity index (χ4n) is 2.61. The van der Waals surface area contributed by atoms with Crippen LogP contribution in [0.15, 0.2) is 58.1 Å². The van der Waals surface area contributed by atoms with Crippen molar-refractivity contribution in [2.45, 2.75) is 6.42 Å². The molecular formula is C19H11Cl2N3O2S. The van der Waals surface area contributed by atoms with E-state index in [9.17, 15) is 9.59 Å². The van der Waals surface area contributed by atoms with Gasteiger partial charge in [0.2, 0.25) is 4.96 Å². The molecular weight excluding hydrogens is 405 g/mol. The number of benzene rings is 2. The summed E-state index contributed by atoms with van der Waals surface area (Å²) in [5, 5.41) is 5.29. The van der Waals surface area contributed by atoms with E-state index in [1.54, 1.807) is 36.4 Å². The van der Waals surface area contributed by atoms with Gasteiger partial charge in [-0.1, -0.05) is 70.9 Å². The molecule has 0 bridgehead atoms. The van der Waals surface area contributed by atoms with Crippen molar-refractivity contribution in [2.24, 2.45) is 0 Å². The van der Waals surface area contributed by atoms with Gasteiger partial charge in [0.15, 0.2) is 0 Å². The van der Waals surface area contributed by atoms with E-state index >= 15 is 0 Å². The summed E-state index contributed by atoms with van der Waals surface area (Å²) < 4.78 is 1.55. The van der Waals surface area contributed by atoms with E-state index in [0.29, 0.717) is 20.1 Å². The Morgan fingerprint density at radius 2 is 1.70 bits per heavy atom. The van der Waals surface area contributed by atoms with Crippen LogP contribution in [0.2, 0.25) is 10.0 Å². The zero-order valence-corrected chi connectivity index (χ0v) is 16.1. The Hall–Kier alpha value is -2.54. The van der Waals surface area contributed by atoms with Crippen LogP contribution in [-0.4, -0.2) is 14.6 Å². The minimum atomic E-state index is -0.472. The summed E-state index contributed by atoms with van der Waals surface area (Å²) in [6.45, 7) is 0. The van der Waals surface area contributed by atoms with Crippen molar-refractivity contribution in [3.8, 4) is 0 Å². The van der Waals surface area contributed by atoms with Gasteiger partial charge in [0.25, 0.3) is 11.1 Å². The fourth-order valence-corrected chi connectivity index (χ4v) is 3.90. The first-order chi connectivity index (χ1) is 13.0. The fraction of sp³-hybridized carbons (Fsp3) is 0.0526. The molecule has 0 aliphatic heterocycles. The molecule has 0 radical (unpaired) electrons. The topological polar surface area (TPSA) is 64.3 Å². The molecule has 2 aromatic heterocycles. The van der Waals surface area contributed by atoms with Gasteiger partial charge in [-0.2, -0.15) is 14.6 Å². The first kappa shape index (κ1) is 17.9. The summed E-state index contributed by atoms with van der Waals surface area (Å²) >= 11 is 13.4. The van der Waals surface area contributed by atoms with Crippen LogP contribution in [0.5, 0.6) is 0 Å². The van der Waals surface area contributed by atoms with Crippen molar-refractivity contribution in [2.75, 3.05) is 0 Å². The van der Waals surface area contributed by atoms with Gasteiger partial charge < -0.3 is 0 Å². The van der Waals surface area contributed by atoms with E-state index in [2.05, 4.69) is 10.1 Å². The van der Waals surface area contributed by atoms with Gasteiger partial charge in [0, 0.05) is 16.5 Å². The Morgan fingerprint density at radius 3 is 2.44 bits per heavy atom. The number of fused-ring (bicyclic) bond motifs is 1. The largest absolute Gasteiger partial charge is 0.296 e. The maximum atomic E-state index is 12.7. The lowest BCUT2D eigenvalue weighted by Gasteiger charge is -2.02. The Bertz CT molecular complexity index is 1330. The van der Waals surface area contributed by atoms with Gasteiger partial charge in [-0.15, -0.1) is 0 Å². The van der Waals surface area contributed by atoms with E-state index < -0.39 is 5.56 Å². The van der Waals surface area contributed by atoms with Crippen LogP contribution in [0.25, 0.3) is 11.0 Å². The molecule has 0 spiro atoms. The van der Waals surface area contributed by atoms with Crippen LogP contribution in [-0.2, 0) is 6.42 Å². The predicted octanol–water partition coefficient (Wildman–Crippen LogP) is 2.96. The maximum Gasteiger partial charge on any atom is 0.296 e. The van der Waals surface area contributed by atoms with E-state index in [4.69, 9.17) is 23.2 Å². The Kier molecular flexibility index (Phi) is 4.78. The molecule has 4 rings (SSSR count). The average Bonchev–Trinajstić information content (AvgIpc) is 2.94. The van der Waals surface area contributed by atoms with Gasteiger partial charge in [-0.05, 0) is 29.3 Å². The van der Waals surface area contributed by atoms with E-state index in [-0.39, 0.29) is 22.6 Å². The number of hydrogen-bond donors (Lipinski definition) is 0. The highest BCUT2D eigenvalue weighted by Crippen LogP contribution is 2.17. The van der Waals surface area contributed by atoms with E-state index in [1.165, 1.54) is 0 Å². The monoisotopic (exact) mass is 415 g/mol. The number of nitrogens with zero attached hydrogens (tertiary/aromatic N) is 3. The molecule has 0 aliphatic rings. The Morgan fingerprint density at radius 1 is 1.00 bits per heavy atom. The second-order valence-corrected chi connectivity index (χ2v) is 7.59. The summed E-state index contributed by atoms with van der Waals surface area (Å²) in [5.41, 5.74) is 0.807. The Balaban J connectivity index is 1.85. The van der Waals surface area contributed by atoms with Gasteiger partial charge in [0.05, 0.1) is 4.53 Å². The zero-order chi connectivity index (χ0) is 19.0. The lowest BCUT2D eigenvalue weighted by atomic mass is 10.1. The van der Waals surface area contributed by atoms with Crippen molar-refractivity contribution in [3.05, 3.63) is 101 Å². The molecule has 0 fully saturated rings. The highest BCUT2D eigenvalue weighted by Gasteiger charge is 2.13. The first-order valence-electron chi connectivity index (χ1n) is 7.95. The zero-order valence-electron chi connectivity index (χ0n) is 13.7. The summed E-state index contributed by atoms with van der Waals surface area (Å²) in [4.78, 5) is 29.3. The molecule has 5 nitrogen and oxygen atoms in total. The number of halogens is 2. The van der Waals surface area contributed by atoms with Crippen molar-refractivity contribution in [3.63, 3.8) is 0 Å². The molecule has 0 atom stereocenters. The van der Waals surface area contributed by atoms with Crippen LogP contribution in [0.3, 0.4) is 0 Å². The molecule has 2 aromatic carbocycles. The van der Waals surface area contributed by atoms with Crippen molar-refractivity contribution in [1.82, 2.24) is 14.6 Å². The van der Waals surface area contributed by atoms with E-state index in [0.717, 1.165) is 21.4 Å². The second-order valence-electron chi connectivity index (χ2n) is 5.76. The maximum absolute atomic E-state index is 12.7. The molecule has 0 saturated heterocycles. The molecule has 0 N–H and O–H groups in total. The average molecular weight is 416 g/mol. The first-order valence-corrected chi connectivity index (χ1v) is 9.52. The molecule has 0 aliphatic carbocycles. The molecule has 0 unspecified atom stereocenters. The van der Waals surface area contributed by atoms with Gasteiger partial charge in [0.1, 0.15) is 5.69 Å². The van der Waals surface area contributed by atoms with Gasteiger partial charge >= 0.3 is 0 Å². The summed E-state index contributed by atoms with van der Waals surface area (Å²) in [5.74, 6) is 0. The number of thiazole rings is 1. The summed E-state index contributed by atoms with van der Waals surface area (Å²) in [6, 6.07) is 14.4.